The number of aliphatic hydroxyl groups excluding tert-OH is 9. The van der Waals surface area contributed by atoms with Gasteiger partial charge in [-0.3, -0.25) is 38.4 Å². The first-order valence-electron chi connectivity index (χ1n) is 35.2. The highest BCUT2D eigenvalue weighted by atomic mass is 16.7. The van der Waals surface area contributed by atoms with Crippen molar-refractivity contribution in [2.75, 3.05) is 98.9 Å². The largest absolute Gasteiger partial charge is 0.394 e. The Hall–Kier alpha value is -4.20. The van der Waals surface area contributed by atoms with Gasteiger partial charge in [-0.05, 0) is 96.1 Å². The van der Waals surface area contributed by atoms with Gasteiger partial charge in [0.05, 0.1) is 66.1 Å². The molecule has 3 aliphatic rings. The second kappa shape index (κ2) is 50.2. The summed E-state index contributed by atoms with van der Waals surface area (Å²) in [6.07, 6.45) is -4.97. The second-order valence-electron chi connectivity index (χ2n) is 26.4. The number of ketones is 4. The Balaban J connectivity index is 1.40. The van der Waals surface area contributed by atoms with Crippen LogP contribution in [0.4, 0.5) is 0 Å². The van der Waals surface area contributed by atoms with E-state index in [0.29, 0.717) is 135 Å². The van der Waals surface area contributed by atoms with Gasteiger partial charge in [-0.15, -0.1) is 0 Å². The molecule has 31 nitrogen and oxygen atoms in total. The molecule has 0 aromatic heterocycles. The number of nitrogens with one attached hydrogen (secondary N) is 5. The zero-order valence-corrected chi connectivity index (χ0v) is 58.4. The molecule has 3 heterocycles. The number of unbranched alkanes of at least 4 members (excludes halogenated alkanes) is 6. The Morgan fingerprint density at radius 3 is 1.06 bits per heavy atom. The molecule has 3 aliphatic heterocycles. The van der Waals surface area contributed by atoms with Crippen LogP contribution in [-0.2, 0) is 81.0 Å². The third-order valence-electron chi connectivity index (χ3n) is 17.1. The van der Waals surface area contributed by atoms with Gasteiger partial charge in [0.25, 0.3) is 0 Å². The Kier molecular flexibility index (Phi) is 45.1. The SMILES string of the molecule is CC(=O)NC1[C@H](OCCCCC(=O)CCCCCC(=O)CCOCC(COCCC(=O)CCCCNCCCO[C@@H]2OC(CO)[C@H](O)[C@H](O)C2NC(C)=O)(COCCC(=O)NCCCCC(=O)CCCCO[C@@H]2OC(CO)[C@H](O)[C@H](O)C2NC(C)=O)CC(C)C)OC(CO)[C@H](O)[C@@H]1O. The lowest BCUT2D eigenvalue weighted by Gasteiger charge is -2.42. The van der Waals surface area contributed by atoms with Crippen LogP contribution in [0.25, 0.3) is 0 Å². The van der Waals surface area contributed by atoms with Crippen LogP contribution in [0, 0.1) is 11.3 Å². The minimum absolute atomic E-state index is 0.0196. The topological polar surface area (TPSA) is 462 Å². The van der Waals surface area contributed by atoms with Crippen LogP contribution in [0.3, 0.4) is 0 Å². The van der Waals surface area contributed by atoms with Gasteiger partial charge in [-0.1, -0.05) is 20.3 Å². The van der Waals surface area contributed by atoms with Crippen LogP contribution in [0.1, 0.15) is 176 Å². The minimum Gasteiger partial charge on any atom is -0.394 e. The highest BCUT2D eigenvalue weighted by Gasteiger charge is 2.48. The van der Waals surface area contributed by atoms with Crippen molar-refractivity contribution in [3.8, 4) is 0 Å². The van der Waals surface area contributed by atoms with Crippen molar-refractivity contribution in [2.45, 2.75) is 268 Å². The molecule has 0 aromatic carbocycles. The van der Waals surface area contributed by atoms with E-state index in [-0.39, 0.29) is 114 Å². The molecule has 0 bridgehead atoms. The fraction of sp³-hybridized carbons (Fsp3) is 0.881. The average molecular weight is 1410 g/mol. The number of hydrogen-bond acceptors (Lipinski definition) is 27. The molecule has 568 valence electrons. The summed E-state index contributed by atoms with van der Waals surface area (Å²) in [6, 6.07) is -3.12. The van der Waals surface area contributed by atoms with Crippen molar-refractivity contribution in [3.05, 3.63) is 0 Å². The zero-order valence-electron chi connectivity index (χ0n) is 58.4. The summed E-state index contributed by atoms with van der Waals surface area (Å²) in [6.45, 7) is 9.26. The summed E-state index contributed by atoms with van der Waals surface area (Å²) in [4.78, 5) is 99.2. The lowest BCUT2D eigenvalue weighted by molar-refractivity contribution is -0.270. The van der Waals surface area contributed by atoms with Crippen molar-refractivity contribution in [1.82, 2.24) is 26.6 Å². The first kappa shape index (κ1) is 88.0. The lowest BCUT2D eigenvalue weighted by atomic mass is 9.82. The Bertz CT molecular complexity index is 2190. The number of rotatable bonds is 56. The van der Waals surface area contributed by atoms with Crippen LogP contribution in [0.15, 0.2) is 0 Å². The summed E-state index contributed by atoms with van der Waals surface area (Å²) in [5, 5.41) is 104. The normalized spacial score (nSPS) is 26.3. The lowest BCUT2D eigenvalue weighted by Crippen LogP contribution is -2.64. The maximum absolute atomic E-state index is 13.0. The van der Waals surface area contributed by atoms with Gasteiger partial charge in [0, 0.05) is 104 Å². The van der Waals surface area contributed by atoms with Crippen LogP contribution >= 0.6 is 0 Å². The molecule has 3 saturated heterocycles. The summed E-state index contributed by atoms with van der Waals surface area (Å²) in [5.74, 6) is -1.24. The summed E-state index contributed by atoms with van der Waals surface area (Å²) >= 11 is 0. The van der Waals surface area contributed by atoms with Gasteiger partial charge < -0.3 is 115 Å². The van der Waals surface area contributed by atoms with Crippen molar-refractivity contribution in [2.24, 2.45) is 11.3 Å². The van der Waals surface area contributed by atoms with Gasteiger partial charge in [-0.2, -0.15) is 0 Å². The van der Waals surface area contributed by atoms with Crippen molar-refractivity contribution in [3.63, 3.8) is 0 Å². The monoisotopic (exact) mass is 1410 g/mol. The van der Waals surface area contributed by atoms with E-state index >= 15 is 0 Å². The number of hydrogen-bond donors (Lipinski definition) is 14. The van der Waals surface area contributed by atoms with Crippen LogP contribution < -0.4 is 26.6 Å². The Morgan fingerprint density at radius 2 is 0.704 bits per heavy atom. The summed E-state index contributed by atoms with van der Waals surface area (Å²) in [7, 11) is 0. The molecule has 0 radical (unpaired) electrons. The Morgan fingerprint density at radius 1 is 0.388 bits per heavy atom. The predicted octanol–water partition coefficient (Wildman–Crippen LogP) is -0.876. The quantitative estimate of drug-likeness (QED) is 0.0329. The number of Topliss-reactive ketones (excluding diaryl/α,β-unsaturated/α-hetero) is 4. The predicted molar refractivity (Wildman–Crippen MR) is 351 cm³/mol. The van der Waals surface area contributed by atoms with Crippen molar-refractivity contribution >= 4 is 46.8 Å². The number of amides is 4. The minimum atomic E-state index is -1.42. The standard InChI is InChI=1S/C67H119N5O26/c1-43(2)36-67(41-91-34-25-50(82)21-9-13-27-68-28-17-32-95-66-57(72-46(5)78)63(89)60(86)53(39-75)98-66,40-90-33-24-49(81)19-8-6-7-18-47(79)22-11-15-30-93-64-55(70-44(3)76)61(87)58(84)51(37-73)96-64)42-92-35-26-54(83)69-29-14-10-20-48(80)23-12-16-31-94-65-56(71-45(4)77)62(88)59(85)52(38-74)97-65/h43,51-53,55-66,68,73-75,84-89H,6-42H2,1-5H3,(H,69,83)(H,70,76)(H,71,77)(H,72,78)/t51?,52?,53?,55?,56?,57?,58-,59-,60-,61+,62+,63+,64+,65+,66+,67?/m0/s1. The molecule has 7 unspecified atom stereocenters. The molecular weight excluding hydrogens is 1290 g/mol. The molecule has 31 heteroatoms. The number of ether oxygens (including phenoxy) is 9. The molecule has 3 fully saturated rings. The fourth-order valence-corrected chi connectivity index (χ4v) is 11.8. The summed E-state index contributed by atoms with van der Waals surface area (Å²) in [5.41, 5.74) is -0.688. The number of carbonyl (C=O) groups excluding carboxylic acids is 8. The van der Waals surface area contributed by atoms with E-state index in [0.717, 1.165) is 6.42 Å². The van der Waals surface area contributed by atoms with E-state index in [9.17, 15) is 84.3 Å². The molecular formula is C67H119N5O26. The van der Waals surface area contributed by atoms with Crippen LogP contribution in [0.5, 0.6) is 0 Å². The van der Waals surface area contributed by atoms with Gasteiger partial charge >= 0.3 is 0 Å². The van der Waals surface area contributed by atoms with E-state index < -0.39 is 135 Å². The highest BCUT2D eigenvalue weighted by Crippen LogP contribution is 2.30. The van der Waals surface area contributed by atoms with Crippen molar-refractivity contribution < 1.29 is 127 Å². The maximum atomic E-state index is 13.0. The highest BCUT2D eigenvalue weighted by molar-refractivity contribution is 5.80. The fourth-order valence-electron chi connectivity index (χ4n) is 11.8. The molecule has 0 spiro atoms. The molecule has 0 aromatic rings. The molecule has 16 atom stereocenters. The second-order valence-corrected chi connectivity index (χ2v) is 26.4. The third-order valence-corrected chi connectivity index (χ3v) is 17.1. The van der Waals surface area contributed by atoms with Gasteiger partial charge in [0.15, 0.2) is 18.9 Å². The molecule has 98 heavy (non-hydrogen) atoms. The van der Waals surface area contributed by atoms with Crippen molar-refractivity contribution in [1.29, 1.82) is 0 Å². The van der Waals surface area contributed by atoms with E-state index in [1.54, 1.807) is 0 Å². The average Bonchev–Trinajstić information content (AvgIpc) is 0.826. The van der Waals surface area contributed by atoms with Gasteiger partial charge in [-0.25, -0.2) is 0 Å². The maximum Gasteiger partial charge on any atom is 0.222 e. The number of aliphatic hydroxyl groups is 9. The molecule has 14 N–H and O–H groups in total. The van der Waals surface area contributed by atoms with Gasteiger partial charge in [0.2, 0.25) is 23.6 Å². The Labute approximate surface area is 576 Å². The van der Waals surface area contributed by atoms with Gasteiger partial charge in [0.1, 0.15) is 96.2 Å². The zero-order chi connectivity index (χ0) is 72.4. The molecule has 0 saturated carbocycles. The molecule has 4 amide bonds. The molecule has 3 rings (SSSR count). The summed E-state index contributed by atoms with van der Waals surface area (Å²) < 4.78 is 52.5. The van der Waals surface area contributed by atoms with E-state index in [2.05, 4.69) is 40.4 Å². The van der Waals surface area contributed by atoms with Crippen LogP contribution in [0.2, 0.25) is 0 Å². The molecule has 0 aliphatic carbocycles. The first-order valence-corrected chi connectivity index (χ1v) is 35.2. The number of carbonyl (C=O) groups is 8. The van der Waals surface area contributed by atoms with E-state index in [1.165, 1.54) is 20.8 Å². The third kappa shape index (κ3) is 35.1. The smallest absolute Gasteiger partial charge is 0.222 e. The van der Waals surface area contributed by atoms with Crippen LogP contribution in [-0.4, -0.2) is 284 Å². The van der Waals surface area contributed by atoms with E-state index in [1.807, 2.05) is 0 Å². The first-order chi connectivity index (χ1) is 46.8. The van der Waals surface area contributed by atoms with E-state index in [4.69, 9.17) is 42.6 Å².